The van der Waals surface area contributed by atoms with Gasteiger partial charge in [0.15, 0.2) is 0 Å². The van der Waals surface area contributed by atoms with Gasteiger partial charge in [0.2, 0.25) is 0 Å². The van der Waals surface area contributed by atoms with E-state index in [4.69, 9.17) is 4.74 Å². The third kappa shape index (κ3) is 2.68. The molecule has 0 radical (unpaired) electrons. The van der Waals surface area contributed by atoms with Gasteiger partial charge in [-0.05, 0) is 17.7 Å². The van der Waals surface area contributed by atoms with Crippen molar-refractivity contribution in [1.29, 1.82) is 0 Å². The maximum atomic E-state index is 11.2. The summed E-state index contributed by atoms with van der Waals surface area (Å²) in [5.41, 5.74) is 0.866. The maximum Gasteiger partial charge on any atom is 0.319 e. The number of benzene rings is 1. The second-order valence-electron chi connectivity index (χ2n) is 4.01. The van der Waals surface area contributed by atoms with Gasteiger partial charge in [-0.25, -0.2) is 0 Å². The van der Waals surface area contributed by atoms with E-state index in [-0.39, 0.29) is 18.1 Å². The minimum absolute atomic E-state index is 0.190. The molecular weight excluding hydrogens is 286 g/mol. The summed E-state index contributed by atoms with van der Waals surface area (Å²) in [5, 5.41) is 3.20. The first kappa shape index (κ1) is 12.5. The van der Waals surface area contributed by atoms with E-state index in [2.05, 4.69) is 26.0 Å². The van der Waals surface area contributed by atoms with Crippen molar-refractivity contribution in [3.8, 4) is 0 Å². The fourth-order valence-corrected chi connectivity index (χ4v) is 2.02. The molecule has 1 fully saturated rings. The summed E-state index contributed by atoms with van der Waals surface area (Å²) in [4.78, 5) is 11.2. The number of ether oxygens (including phenoxy) is 2. The van der Waals surface area contributed by atoms with E-state index in [9.17, 15) is 4.79 Å². The SMILES string of the molecule is COC(=O)CNC1(c2ccc(Br)cc2)COC1. The van der Waals surface area contributed by atoms with Crippen LogP contribution in [0.2, 0.25) is 0 Å². The summed E-state index contributed by atoms with van der Waals surface area (Å²) in [6.45, 7) is 1.34. The molecule has 2 rings (SSSR count). The molecule has 0 saturated carbocycles. The van der Waals surface area contributed by atoms with Crippen LogP contribution in [0.5, 0.6) is 0 Å². The number of methoxy groups -OCH3 is 1. The van der Waals surface area contributed by atoms with Crippen molar-refractivity contribution < 1.29 is 14.3 Å². The molecule has 0 aromatic heterocycles. The number of hydrogen-bond acceptors (Lipinski definition) is 4. The van der Waals surface area contributed by atoms with Crippen molar-refractivity contribution in [2.24, 2.45) is 0 Å². The molecule has 1 N–H and O–H groups in total. The Morgan fingerprint density at radius 1 is 1.47 bits per heavy atom. The van der Waals surface area contributed by atoms with Crippen LogP contribution in [0.1, 0.15) is 5.56 Å². The zero-order valence-corrected chi connectivity index (χ0v) is 11.1. The molecular formula is C12H14BrNO3. The zero-order valence-electron chi connectivity index (χ0n) is 9.53. The number of esters is 1. The first-order valence-electron chi connectivity index (χ1n) is 5.32. The van der Waals surface area contributed by atoms with Crippen LogP contribution in [-0.2, 0) is 19.8 Å². The molecule has 92 valence electrons. The summed E-state index contributed by atoms with van der Waals surface area (Å²) in [6.07, 6.45) is 0. The lowest BCUT2D eigenvalue weighted by Gasteiger charge is -2.42. The number of hydrogen-bond donors (Lipinski definition) is 1. The van der Waals surface area contributed by atoms with Gasteiger partial charge in [0, 0.05) is 4.47 Å². The molecule has 1 aliphatic rings. The van der Waals surface area contributed by atoms with E-state index in [1.807, 2.05) is 24.3 Å². The summed E-state index contributed by atoms with van der Waals surface area (Å²) in [7, 11) is 1.38. The van der Waals surface area contributed by atoms with Crippen molar-refractivity contribution in [3.63, 3.8) is 0 Å². The second kappa shape index (κ2) is 5.16. The Kier molecular flexibility index (Phi) is 3.81. The quantitative estimate of drug-likeness (QED) is 0.855. The Hall–Kier alpha value is -0.910. The van der Waals surface area contributed by atoms with Crippen LogP contribution >= 0.6 is 15.9 Å². The van der Waals surface area contributed by atoms with Gasteiger partial charge in [-0.15, -0.1) is 0 Å². The van der Waals surface area contributed by atoms with Crippen molar-refractivity contribution in [3.05, 3.63) is 34.3 Å². The molecule has 4 nitrogen and oxygen atoms in total. The third-order valence-corrected chi connectivity index (χ3v) is 3.42. The smallest absolute Gasteiger partial charge is 0.319 e. The van der Waals surface area contributed by atoms with Gasteiger partial charge in [-0.2, -0.15) is 0 Å². The highest BCUT2D eigenvalue weighted by molar-refractivity contribution is 9.10. The summed E-state index contributed by atoms with van der Waals surface area (Å²) < 4.78 is 10.9. The van der Waals surface area contributed by atoms with Gasteiger partial charge in [-0.3, -0.25) is 10.1 Å². The number of nitrogens with one attached hydrogen (secondary N) is 1. The van der Waals surface area contributed by atoms with Crippen LogP contribution in [-0.4, -0.2) is 32.8 Å². The molecule has 0 unspecified atom stereocenters. The van der Waals surface area contributed by atoms with Crippen LogP contribution in [0.15, 0.2) is 28.7 Å². The average Bonchev–Trinajstić information content (AvgIpc) is 2.29. The highest BCUT2D eigenvalue weighted by Crippen LogP contribution is 2.30. The van der Waals surface area contributed by atoms with Crippen LogP contribution in [0, 0.1) is 0 Å². The molecule has 0 spiro atoms. The Bertz CT molecular complexity index is 401. The molecule has 0 aliphatic carbocycles. The number of halogens is 1. The van der Waals surface area contributed by atoms with E-state index in [0.717, 1.165) is 10.0 Å². The lowest BCUT2D eigenvalue weighted by molar-refractivity contribution is -0.142. The highest BCUT2D eigenvalue weighted by atomic mass is 79.9. The first-order chi connectivity index (χ1) is 8.16. The topological polar surface area (TPSA) is 47.6 Å². The van der Waals surface area contributed by atoms with Gasteiger partial charge >= 0.3 is 5.97 Å². The fraction of sp³-hybridized carbons (Fsp3) is 0.417. The molecule has 1 aromatic rings. The Morgan fingerprint density at radius 3 is 2.59 bits per heavy atom. The number of rotatable bonds is 4. The maximum absolute atomic E-state index is 11.2. The third-order valence-electron chi connectivity index (χ3n) is 2.89. The van der Waals surface area contributed by atoms with Gasteiger partial charge in [0.25, 0.3) is 0 Å². The van der Waals surface area contributed by atoms with Gasteiger partial charge in [0.05, 0.1) is 32.4 Å². The Balaban J connectivity index is 2.08. The lowest BCUT2D eigenvalue weighted by Crippen LogP contribution is -2.58. The summed E-state index contributed by atoms with van der Waals surface area (Å²) >= 11 is 3.40. The standard InChI is InChI=1S/C12H14BrNO3/c1-16-11(15)6-14-12(7-17-8-12)9-2-4-10(13)5-3-9/h2-5,14H,6-8H2,1H3. The number of carbonyl (C=O) groups excluding carboxylic acids is 1. The summed E-state index contributed by atoms with van der Waals surface area (Å²) in [5.74, 6) is -0.270. The second-order valence-corrected chi connectivity index (χ2v) is 4.93. The fourth-order valence-electron chi connectivity index (χ4n) is 1.76. The minimum atomic E-state index is -0.270. The first-order valence-corrected chi connectivity index (χ1v) is 6.11. The van der Waals surface area contributed by atoms with Crippen molar-refractivity contribution >= 4 is 21.9 Å². The van der Waals surface area contributed by atoms with Crippen LogP contribution in [0.25, 0.3) is 0 Å². The zero-order chi connectivity index (χ0) is 12.3. The molecule has 0 amide bonds. The van der Waals surface area contributed by atoms with E-state index in [1.165, 1.54) is 7.11 Å². The van der Waals surface area contributed by atoms with E-state index in [0.29, 0.717) is 13.2 Å². The van der Waals surface area contributed by atoms with E-state index in [1.54, 1.807) is 0 Å². The molecule has 1 aromatic carbocycles. The Labute approximate surface area is 108 Å². The van der Waals surface area contributed by atoms with Crippen molar-refractivity contribution in [1.82, 2.24) is 5.32 Å². The van der Waals surface area contributed by atoms with E-state index < -0.39 is 0 Å². The molecule has 0 atom stereocenters. The molecule has 1 saturated heterocycles. The normalized spacial score (nSPS) is 17.3. The van der Waals surface area contributed by atoms with E-state index >= 15 is 0 Å². The van der Waals surface area contributed by atoms with Crippen molar-refractivity contribution in [2.75, 3.05) is 26.9 Å². The molecule has 5 heteroatoms. The van der Waals surface area contributed by atoms with Crippen LogP contribution < -0.4 is 5.32 Å². The van der Waals surface area contributed by atoms with Gasteiger partial charge in [0.1, 0.15) is 0 Å². The summed E-state index contributed by atoms with van der Waals surface area (Å²) in [6, 6.07) is 8.01. The monoisotopic (exact) mass is 299 g/mol. The van der Waals surface area contributed by atoms with Crippen molar-refractivity contribution in [2.45, 2.75) is 5.54 Å². The van der Waals surface area contributed by atoms with Gasteiger partial charge in [-0.1, -0.05) is 28.1 Å². The van der Waals surface area contributed by atoms with Crippen LogP contribution in [0.3, 0.4) is 0 Å². The largest absolute Gasteiger partial charge is 0.468 e. The van der Waals surface area contributed by atoms with Gasteiger partial charge < -0.3 is 9.47 Å². The molecule has 1 heterocycles. The average molecular weight is 300 g/mol. The number of carbonyl (C=O) groups is 1. The minimum Gasteiger partial charge on any atom is -0.468 e. The predicted octanol–water partition coefficient (Wildman–Crippen LogP) is 1.44. The lowest BCUT2D eigenvalue weighted by atomic mass is 9.88. The highest BCUT2D eigenvalue weighted by Gasteiger charge is 2.40. The molecule has 1 aliphatic heterocycles. The predicted molar refractivity (Wildman–Crippen MR) is 66.7 cm³/mol. The van der Waals surface area contributed by atoms with Crippen LogP contribution in [0.4, 0.5) is 0 Å². The molecule has 0 bridgehead atoms. The Morgan fingerprint density at radius 2 is 2.12 bits per heavy atom. The molecule has 17 heavy (non-hydrogen) atoms.